The summed E-state index contributed by atoms with van der Waals surface area (Å²) in [5, 5.41) is 13.9. The van der Waals surface area contributed by atoms with Crippen LogP contribution in [0, 0.1) is 0 Å². The van der Waals surface area contributed by atoms with Crippen LogP contribution in [0.4, 0.5) is 10.5 Å². The summed E-state index contributed by atoms with van der Waals surface area (Å²) in [6, 6.07) is 3.18. The number of halogens is 1. The van der Waals surface area contributed by atoms with E-state index < -0.39 is 27.9 Å². The third-order valence-corrected chi connectivity index (χ3v) is 4.18. The first-order valence-electron chi connectivity index (χ1n) is 5.87. The van der Waals surface area contributed by atoms with Crippen LogP contribution in [0.5, 0.6) is 0 Å². The highest BCUT2D eigenvalue weighted by Crippen LogP contribution is 2.26. The number of aromatic carboxylic acids is 1. The number of hydrogen-bond acceptors (Lipinski definition) is 4. The second kappa shape index (κ2) is 6.90. The number of rotatable bonds is 5. The van der Waals surface area contributed by atoms with E-state index >= 15 is 0 Å². The van der Waals surface area contributed by atoms with Gasteiger partial charge < -0.3 is 15.7 Å². The minimum absolute atomic E-state index is 0.0738. The number of anilines is 1. The Balaban J connectivity index is 2.83. The summed E-state index contributed by atoms with van der Waals surface area (Å²) >= 11 is 3.16. The molecule has 2 amide bonds. The first kappa shape index (κ1) is 17.4. The summed E-state index contributed by atoms with van der Waals surface area (Å²) in [7, 11) is -3.22. The summed E-state index contributed by atoms with van der Waals surface area (Å²) in [6.07, 6.45) is 1.07. The number of amides is 2. The van der Waals surface area contributed by atoms with Crippen molar-refractivity contribution in [3.8, 4) is 0 Å². The number of carbonyl (C=O) groups excluding carboxylic acids is 1. The molecule has 0 heterocycles. The first-order chi connectivity index (χ1) is 9.60. The predicted molar refractivity (Wildman–Crippen MR) is 82.4 cm³/mol. The molecule has 0 aromatic heterocycles. The van der Waals surface area contributed by atoms with Crippen LogP contribution >= 0.6 is 15.9 Å². The van der Waals surface area contributed by atoms with Gasteiger partial charge in [-0.3, -0.25) is 0 Å². The van der Waals surface area contributed by atoms with Crippen molar-refractivity contribution < 1.29 is 23.1 Å². The van der Waals surface area contributed by atoms with Crippen molar-refractivity contribution in [3.63, 3.8) is 0 Å². The molecule has 1 unspecified atom stereocenters. The van der Waals surface area contributed by atoms with Crippen molar-refractivity contribution in [1.29, 1.82) is 0 Å². The van der Waals surface area contributed by atoms with E-state index in [1.165, 1.54) is 12.1 Å². The van der Waals surface area contributed by atoms with Crippen LogP contribution in [0.1, 0.15) is 17.3 Å². The van der Waals surface area contributed by atoms with E-state index in [0.29, 0.717) is 4.47 Å². The van der Waals surface area contributed by atoms with Crippen LogP contribution < -0.4 is 10.6 Å². The Hall–Kier alpha value is -1.61. The molecule has 7 nitrogen and oxygen atoms in total. The number of urea groups is 1. The molecule has 1 atom stereocenters. The molecule has 1 aromatic carbocycles. The Morgan fingerprint density at radius 2 is 2.00 bits per heavy atom. The van der Waals surface area contributed by atoms with Gasteiger partial charge in [0.2, 0.25) is 0 Å². The van der Waals surface area contributed by atoms with E-state index in [1.807, 2.05) is 0 Å². The average molecular weight is 379 g/mol. The standard InChI is InChI=1S/C12H15BrN2O5S/c1-7(6-21(2,19)20)14-12(18)15-10-8(11(16)17)4-3-5-9(10)13/h3-5,7H,6H2,1-2H3,(H,16,17)(H2,14,15,18). The number of carboxylic acid groups (broad SMARTS) is 1. The fourth-order valence-corrected chi connectivity index (χ4v) is 3.16. The number of sulfone groups is 1. The summed E-state index contributed by atoms with van der Waals surface area (Å²) < 4.78 is 22.7. The van der Waals surface area contributed by atoms with Crippen LogP contribution in [0.3, 0.4) is 0 Å². The van der Waals surface area contributed by atoms with Crippen LogP contribution in [0.15, 0.2) is 22.7 Å². The topological polar surface area (TPSA) is 113 Å². The molecule has 9 heteroatoms. The van der Waals surface area contributed by atoms with Crippen molar-refractivity contribution in [1.82, 2.24) is 5.32 Å². The van der Waals surface area contributed by atoms with Crippen LogP contribution in [-0.4, -0.2) is 43.6 Å². The quantitative estimate of drug-likeness (QED) is 0.721. The van der Waals surface area contributed by atoms with Gasteiger partial charge >= 0.3 is 12.0 Å². The number of carboxylic acids is 1. The van der Waals surface area contributed by atoms with Crippen LogP contribution in [0.2, 0.25) is 0 Å². The smallest absolute Gasteiger partial charge is 0.337 e. The molecular formula is C12H15BrN2O5S. The lowest BCUT2D eigenvalue weighted by Crippen LogP contribution is -2.40. The largest absolute Gasteiger partial charge is 0.478 e. The van der Waals surface area contributed by atoms with Gasteiger partial charge in [-0.25, -0.2) is 18.0 Å². The van der Waals surface area contributed by atoms with Gasteiger partial charge in [0.25, 0.3) is 0 Å². The Morgan fingerprint density at radius 3 is 2.52 bits per heavy atom. The Bertz CT molecular complexity index is 660. The fraction of sp³-hybridized carbons (Fsp3) is 0.333. The monoisotopic (exact) mass is 378 g/mol. The number of nitrogens with one attached hydrogen (secondary N) is 2. The third kappa shape index (κ3) is 5.72. The second-order valence-corrected chi connectivity index (χ2v) is 7.60. The summed E-state index contributed by atoms with van der Waals surface area (Å²) in [5.74, 6) is -1.39. The lowest BCUT2D eigenvalue weighted by atomic mass is 10.2. The molecule has 0 spiro atoms. The number of hydrogen-bond donors (Lipinski definition) is 3. The molecule has 0 aliphatic heterocycles. The van der Waals surface area contributed by atoms with Gasteiger partial charge in [-0.2, -0.15) is 0 Å². The molecule has 0 aliphatic rings. The maximum atomic E-state index is 11.8. The zero-order valence-electron chi connectivity index (χ0n) is 11.4. The van der Waals surface area contributed by atoms with Crippen molar-refractivity contribution in [3.05, 3.63) is 28.2 Å². The van der Waals surface area contributed by atoms with Crippen molar-refractivity contribution in [2.75, 3.05) is 17.3 Å². The average Bonchev–Trinajstić information content (AvgIpc) is 2.28. The van der Waals surface area contributed by atoms with Gasteiger partial charge in [0, 0.05) is 16.8 Å². The molecule has 0 fully saturated rings. The van der Waals surface area contributed by atoms with E-state index in [9.17, 15) is 18.0 Å². The molecule has 0 saturated heterocycles. The number of benzene rings is 1. The maximum Gasteiger partial charge on any atom is 0.337 e. The van der Waals surface area contributed by atoms with E-state index in [1.54, 1.807) is 13.0 Å². The normalized spacial score (nSPS) is 12.5. The van der Waals surface area contributed by atoms with Gasteiger partial charge in [0.05, 0.1) is 17.0 Å². The predicted octanol–water partition coefficient (Wildman–Crippen LogP) is 1.70. The minimum atomic E-state index is -3.22. The number of carbonyl (C=O) groups is 2. The Labute approximate surface area is 130 Å². The fourth-order valence-electron chi connectivity index (χ4n) is 1.70. The minimum Gasteiger partial charge on any atom is -0.478 e. The Kier molecular flexibility index (Phi) is 5.73. The summed E-state index contributed by atoms with van der Waals surface area (Å²) in [5.41, 5.74) is 0.0318. The van der Waals surface area contributed by atoms with Crippen LogP contribution in [-0.2, 0) is 9.84 Å². The maximum absolute atomic E-state index is 11.8. The van der Waals surface area contributed by atoms with Gasteiger partial charge in [0.1, 0.15) is 9.84 Å². The molecule has 3 N–H and O–H groups in total. The molecule has 1 rings (SSSR count). The molecule has 0 aliphatic carbocycles. The van der Waals surface area contributed by atoms with E-state index in [2.05, 4.69) is 26.6 Å². The van der Waals surface area contributed by atoms with Crippen molar-refractivity contribution >= 4 is 43.5 Å². The van der Waals surface area contributed by atoms with E-state index in [4.69, 9.17) is 5.11 Å². The molecule has 0 bridgehead atoms. The van der Waals surface area contributed by atoms with Crippen LogP contribution in [0.25, 0.3) is 0 Å². The Morgan fingerprint density at radius 1 is 1.38 bits per heavy atom. The highest BCUT2D eigenvalue weighted by molar-refractivity contribution is 9.10. The summed E-state index contributed by atoms with van der Waals surface area (Å²) in [4.78, 5) is 22.9. The number of para-hydroxylation sites is 1. The van der Waals surface area contributed by atoms with Gasteiger partial charge in [-0.15, -0.1) is 0 Å². The first-order valence-corrected chi connectivity index (χ1v) is 8.72. The van der Waals surface area contributed by atoms with Gasteiger partial charge in [0.15, 0.2) is 0 Å². The van der Waals surface area contributed by atoms with E-state index in [0.717, 1.165) is 6.26 Å². The lowest BCUT2D eigenvalue weighted by molar-refractivity contribution is 0.0698. The lowest BCUT2D eigenvalue weighted by Gasteiger charge is -2.15. The highest BCUT2D eigenvalue weighted by Gasteiger charge is 2.17. The highest BCUT2D eigenvalue weighted by atomic mass is 79.9. The van der Waals surface area contributed by atoms with Crippen molar-refractivity contribution in [2.45, 2.75) is 13.0 Å². The molecule has 1 aromatic rings. The van der Waals surface area contributed by atoms with Gasteiger partial charge in [-0.1, -0.05) is 6.07 Å². The second-order valence-electron chi connectivity index (χ2n) is 4.56. The molecule has 116 valence electrons. The molecular weight excluding hydrogens is 364 g/mol. The molecule has 0 saturated carbocycles. The zero-order valence-corrected chi connectivity index (χ0v) is 13.8. The molecule has 21 heavy (non-hydrogen) atoms. The molecule has 0 radical (unpaired) electrons. The van der Waals surface area contributed by atoms with E-state index in [-0.39, 0.29) is 17.0 Å². The summed E-state index contributed by atoms with van der Waals surface area (Å²) in [6.45, 7) is 1.54. The SMILES string of the molecule is CC(CS(C)(=O)=O)NC(=O)Nc1c(Br)cccc1C(=O)O. The third-order valence-electron chi connectivity index (χ3n) is 2.41. The van der Waals surface area contributed by atoms with Crippen molar-refractivity contribution in [2.24, 2.45) is 0 Å². The zero-order chi connectivity index (χ0) is 16.2. The van der Waals surface area contributed by atoms with Gasteiger partial charge in [-0.05, 0) is 35.0 Å².